The van der Waals surface area contributed by atoms with E-state index in [0.29, 0.717) is 30.0 Å². The summed E-state index contributed by atoms with van der Waals surface area (Å²) >= 11 is 3.46. The van der Waals surface area contributed by atoms with Gasteiger partial charge in [-0.2, -0.15) is 8.78 Å². The fraction of sp³-hybridized carbons (Fsp3) is 0.167. The Morgan fingerprint density at radius 3 is 2.42 bits per heavy atom. The maximum atomic E-state index is 12.4. The first-order valence-electron chi connectivity index (χ1n) is 9.93. The zero-order valence-corrected chi connectivity index (χ0v) is 19.7. The number of aliphatic imine (C=N–C) groups is 1. The molecule has 0 heterocycles. The molecule has 2 N–H and O–H groups in total. The molecule has 6 nitrogen and oxygen atoms in total. The number of nitrogens with zero attached hydrogens (tertiary/aromatic N) is 3. The molecule has 1 amide bonds. The number of rotatable bonds is 9. The maximum absolute atomic E-state index is 12.4. The van der Waals surface area contributed by atoms with Crippen molar-refractivity contribution in [2.45, 2.75) is 13.2 Å². The number of alkyl halides is 2. The van der Waals surface area contributed by atoms with Gasteiger partial charge < -0.3 is 15.4 Å². The number of halogens is 3. The Hall–Kier alpha value is -3.46. The van der Waals surface area contributed by atoms with Gasteiger partial charge in [0, 0.05) is 54.0 Å². The maximum Gasteiger partial charge on any atom is 0.387 e. The third-order valence-corrected chi connectivity index (χ3v) is 5.43. The van der Waals surface area contributed by atoms with Gasteiger partial charge in [-0.1, -0.05) is 22.0 Å². The molecule has 0 atom stereocenters. The van der Waals surface area contributed by atoms with E-state index in [1.807, 2.05) is 48.3 Å². The summed E-state index contributed by atoms with van der Waals surface area (Å²) in [4.78, 5) is 19.6. The second kappa shape index (κ2) is 10.9. The minimum Gasteiger partial charge on any atom is -0.435 e. The topological polar surface area (TPSA) is 71.2 Å². The van der Waals surface area contributed by atoms with Gasteiger partial charge in [0.2, 0.25) is 6.41 Å². The van der Waals surface area contributed by atoms with E-state index in [4.69, 9.17) is 5.73 Å². The van der Waals surface area contributed by atoms with Crippen molar-refractivity contribution in [3.63, 3.8) is 0 Å². The minimum atomic E-state index is -2.91. The summed E-state index contributed by atoms with van der Waals surface area (Å²) < 4.78 is 30.1. The van der Waals surface area contributed by atoms with Crippen molar-refractivity contribution < 1.29 is 18.3 Å². The van der Waals surface area contributed by atoms with E-state index < -0.39 is 6.61 Å². The van der Waals surface area contributed by atoms with Crippen LogP contribution in [-0.2, 0) is 11.3 Å². The number of nitrogen functional groups attached to an aromatic ring is 1. The predicted octanol–water partition coefficient (Wildman–Crippen LogP) is 5.61. The van der Waals surface area contributed by atoms with Gasteiger partial charge in [-0.15, -0.1) is 0 Å². The van der Waals surface area contributed by atoms with Crippen molar-refractivity contribution in [3.8, 4) is 5.75 Å². The van der Waals surface area contributed by atoms with Crippen LogP contribution < -0.4 is 20.3 Å². The van der Waals surface area contributed by atoms with Crippen molar-refractivity contribution >= 4 is 51.3 Å². The standard InChI is InChI=1S/C24H23BrF2N4O2/c1-29-13-17-11-20(7-10-22(17)28)30(2)14-16-3-4-18(25)12-23(16)31(15-32)19-5-8-21(9-6-19)33-24(26)27/h3-13,15,24H,14,28H2,1-2H3. The average Bonchev–Trinajstić information content (AvgIpc) is 2.78. The predicted molar refractivity (Wildman–Crippen MR) is 132 cm³/mol. The smallest absolute Gasteiger partial charge is 0.387 e. The van der Waals surface area contributed by atoms with E-state index in [0.717, 1.165) is 21.3 Å². The highest BCUT2D eigenvalue weighted by Crippen LogP contribution is 2.33. The van der Waals surface area contributed by atoms with Crippen molar-refractivity contribution in [2.24, 2.45) is 4.99 Å². The Balaban J connectivity index is 1.92. The SMILES string of the molecule is CN=Cc1cc(N(C)Cc2ccc(Br)cc2N(C=O)c2ccc(OC(F)F)cc2)ccc1N. The first-order valence-corrected chi connectivity index (χ1v) is 10.7. The zero-order valence-electron chi connectivity index (χ0n) is 18.1. The molecule has 0 aliphatic carbocycles. The van der Waals surface area contributed by atoms with Crippen molar-refractivity contribution in [2.75, 3.05) is 29.6 Å². The van der Waals surface area contributed by atoms with Gasteiger partial charge >= 0.3 is 6.61 Å². The van der Waals surface area contributed by atoms with Crippen molar-refractivity contribution in [1.29, 1.82) is 0 Å². The molecule has 9 heteroatoms. The number of hydrogen-bond donors (Lipinski definition) is 1. The summed E-state index contributed by atoms with van der Waals surface area (Å²) in [6.07, 6.45) is 2.39. The number of amides is 1. The molecule has 0 spiro atoms. The number of anilines is 4. The molecule has 0 bridgehead atoms. The number of carbonyl (C=O) groups excluding carboxylic acids is 1. The molecule has 0 unspecified atom stereocenters. The Morgan fingerprint density at radius 1 is 1.09 bits per heavy atom. The van der Waals surface area contributed by atoms with Gasteiger partial charge in [0.25, 0.3) is 0 Å². The third-order valence-electron chi connectivity index (χ3n) is 4.94. The quantitative estimate of drug-likeness (QED) is 0.228. The van der Waals surface area contributed by atoms with Gasteiger partial charge in [-0.25, -0.2) is 0 Å². The molecule has 172 valence electrons. The highest BCUT2D eigenvalue weighted by molar-refractivity contribution is 9.10. The fourth-order valence-corrected chi connectivity index (χ4v) is 3.69. The van der Waals surface area contributed by atoms with Crippen LogP contribution in [0.25, 0.3) is 0 Å². The van der Waals surface area contributed by atoms with Gasteiger partial charge in [0.05, 0.1) is 5.69 Å². The van der Waals surface area contributed by atoms with Crippen LogP contribution in [0, 0.1) is 0 Å². The lowest BCUT2D eigenvalue weighted by atomic mass is 10.1. The molecule has 0 saturated carbocycles. The number of carbonyl (C=O) groups is 1. The molecule has 3 aromatic rings. The molecule has 0 radical (unpaired) electrons. The fourth-order valence-electron chi connectivity index (χ4n) is 3.34. The van der Waals surface area contributed by atoms with E-state index >= 15 is 0 Å². The lowest BCUT2D eigenvalue weighted by Gasteiger charge is -2.26. The third kappa shape index (κ3) is 6.07. The number of nitrogens with two attached hydrogens (primary N) is 1. The molecule has 0 aromatic heterocycles. The van der Waals surface area contributed by atoms with Crippen LogP contribution in [0.15, 0.2) is 70.1 Å². The second-order valence-electron chi connectivity index (χ2n) is 7.18. The van der Waals surface area contributed by atoms with Crippen LogP contribution in [0.5, 0.6) is 5.75 Å². The van der Waals surface area contributed by atoms with Crippen LogP contribution in [0.3, 0.4) is 0 Å². The Morgan fingerprint density at radius 2 is 1.79 bits per heavy atom. The summed E-state index contributed by atoms with van der Waals surface area (Å²) in [5, 5.41) is 0. The van der Waals surface area contributed by atoms with Crippen LogP contribution in [0.1, 0.15) is 11.1 Å². The van der Waals surface area contributed by atoms with Gasteiger partial charge in [-0.05, 0) is 60.2 Å². The number of benzene rings is 3. The largest absolute Gasteiger partial charge is 0.435 e. The number of ether oxygens (including phenoxy) is 1. The summed E-state index contributed by atoms with van der Waals surface area (Å²) in [7, 11) is 3.62. The summed E-state index contributed by atoms with van der Waals surface area (Å²) in [5.41, 5.74) is 10.4. The van der Waals surface area contributed by atoms with E-state index in [9.17, 15) is 13.6 Å². The van der Waals surface area contributed by atoms with Crippen LogP contribution in [0.2, 0.25) is 0 Å². The van der Waals surface area contributed by atoms with E-state index in [1.54, 1.807) is 25.4 Å². The molecular formula is C24H23BrF2N4O2. The van der Waals surface area contributed by atoms with Gasteiger partial charge in [-0.3, -0.25) is 14.7 Å². The second-order valence-corrected chi connectivity index (χ2v) is 8.09. The Bertz CT molecular complexity index is 1140. The normalized spacial score (nSPS) is 11.1. The van der Waals surface area contributed by atoms with Crippen molar-refractivity contribution in [3.05, 3.63) is 76.3 Å². The molecule has 3 aromatic carbocycles. The van der Waals surface area contributed by atoms with Crippen LogP contribution >= 0.6 is 15.9 Å². The summed E-state index contributed by atoms with van der Waals surface area (Å²) in [6, 6.07) is 17.2. The van der Waals surface area contributed by atoms with Gasteiger partial charge in [0.15, 0.2) is 0 Å². The Kier molecular flexibility index (Phi) is 8.00. The molecule has 0 fully saturated rings. The van der Waals surface area contributed by atoms with Crippen LogP contribution in [-0.4, -0.2) is 33.3 Å². The summed E-state index contributed by atoms with van der Waals surface area (Å²) in [5.74, 6) is 0.0172. The molecule has 0 aliphatic rings. The molecular weight excluding hydrogens is 494 g/mol. The summed E-state index contributed by atoms with van der Waals surface area (Å²) in [6.45, 7) is -2.42. The average molecular weight is 517 g/mol. The molecule has 0 aliphatic heterocycles. The first kappa shape index (κ1) is 24.2. The van der Waals surface area contributed by atoms with Gasteiger partial charge in [0.1, 0.15) is 5.75 Å². The highest BCUT2D eigenvalue weighted by atomic mass is 79.9. The number of hydrogen-bond acceptors (Lipinski definition) is 5. The molecule has 3 rings (SSSR count). The lowest BCUT2D eigenvalue weighted by Crippen LogP contribution is -2.21. The molecule has 0 saturated heterocycles. The highest BCUT2D eigenvalue weighted by Gasteiger charge is 2.16. The molecule has 33 heavy (non-hydrogen) atoms. The monoisotopic (exact) mass is 516 g/mol. The van der Waals surface area contributed by atoms with Crippen LogP contribution in [0.4, 0.5) is 31.5 Å². The lowest BCUT2D eigenvalue weighted by molar-refractivity contribution is -0.106. The zero-order chi connectivity index (χ0) is 24.0. The Labute approximate surface area is 199 Å². The van der Waals surface area contributed by atoms with E-state index in [2.05, 4.69) is 25.7 Å². The minimum absolute atomic E-state index is 0.0172. The van der Waals surface area contributed by atoms with E-state index in [1.165, 1.54) is 17.0 Å². The van der Waals surface area contributed by atoms with Crippen molar-refractivity contribution in [1.82, 2.24) is 0 Å². The van der Waals surface area contributed by atoms with E-state index in [-0.39, 0.29) is 5.75 Å². The first-order chi connectivity index (χ1) is 15.8.